The fourth-order valence-corrected chi connectivity index (χ4v) is 0.862. The van der Waals surface area contributed by atoms with Crippen LogP contribution in [0.5, 0.6) is 0 Å². The maximum atomic E-state index is 3.96. The molecule has 0 saturated carbocycles. The molecule has 0 aliphatic carbocycles. The van der Waals surface area contributed by atoms with Crippen LogP contribution in [-0.2, 0) is 0 Å². The SMILES string of the molecule is CC(C)=C(C)/C=C/c1ccncc1. The zero-order valence-electron chi connectivity index (χ0n) is 8.41. The third-order valence-electron chi connectivity index (χ3n) is 2.02. The summed E-state index contributed by atoms with van der Waals surface area (Å²) >= 11 is 0. The lowest BCUT2D eigenvalue weighted by atomic mass is 10.1. The molecule has 0 fully saturated rings. The molecule has 1 aromatic heterocycles. The number of pyridine rings is 1. The van der Waals surface area contributed by atoms with Crippen molar-refractivity contribution in [3.8, 4) is 0 Å². The third kappa shape index (κ3) is 3.24. The van der Waals surface area contributed by atoms with E-state index < -0.39 is 0 Å². The molecule has 0 unspecified atom stereocenters. The Hall–Kier alpha value is -1.37. The van der Waals surface area contributed by atoms with E-state index in [1.165, 1.54) is 16.7 Å². The molecule has 1 nitrogen and oxygen atoms in total. The van der Waals surface area contributed by atoms with Crippen LogP contribution in [0.3, 0.4) is 0 Å². The minimum atomic E-state index is 1.19. The van der Waals surface area contributed by atoms with E-state index in [9.17, 15) is 0 Å². The fourth-order valence-electron chi connectivity index (χ4n) is 0.862. The van der Waals surface area contributed by atoms with Crippen LogP contribution < -0.4 is 0 Å². The lowest BCUT2D eigenvalue weighted by Crippen LogP contribution is -1.75. The van der Waals surface area contributed by atoms with Crippen LogP contribution in [0.2, 0.25) is 0 Å². The van der Waals surface area contributed by atoms with Gasteiger partial charge >= 0.3 is 0 Å². The Morgan fingerprint density at radius 2 is 1.77 bits per heavy atom. The maximum Gasteiger partial charge on any atom is 0.0273 e. The van der Waals surface area contributed by atoms with Gasteiger partial charge in [0.25, 0.3) is 0 Å². The molecule has 0 aliphatic rings. The molecule has 0 amide bonds. The monoisotopic (exact) mass is 173 g/mol. The van der Waals surface area contributed by atoms with Gasteiger partial charge < -0.3 is 0 Å². The second-order valence-corrected chi connectivity index (χ2v) is 3.30. The van der Waals surface area contributed by atoms with Gasteiger partial charge in [-0.15, -0.1) is 0 Å². The standard InChI is InChI=1S/C12H15N/c1-10(2)11(3)4-5-12-6-8-13-9-7-12/h4-9H,1-3H3/b5-4+. The molecular formula is C12H15N. The molecule has 0 bridgehead atoms. The van der Waals surface area contributed by atoms with Gasteiger partial charge in [-0.25, -0.2) is 0 Å². The smallest absolute Gasteiger partial charge is 0.0273 e. The largest absolute Gasteiger partial charge is 0.265 e. The maximum absolute atomic E-state index is 3.96. The Morgan fingerprint density at radius 1 is 1.15 bits per heavy atom. The highest BCUT2D eigenvalue weighted by Gasteiger charge is 1.86. The second-order valence-electron chi connectivity index (χ2n) is 3.30. The molecule has 1 rings (SSSR count). The minimum Gasteiger partial charge on any atom is -0.265 e. The summed E-state index contributed by atoms with van der Waals surface area (Å²) in [7, 11) is 0. The molecule has 0 N–H and O–H groups in total. The number of nitrogens with zero attached hydrogens (tertiary/aromatic N) is 1. The van der Waals surface area contributed by atoms with Crippen LogP contribution in [0.1, 0.15) is 26.3 Å². The van der Waals surface area contributed by atoms with E-state index in [-0.39, 0.29) is 0 Å². The van der Waals surface area contributed by atoms with Crippen LogP contribution >= 0.6 is 0 Å². The summed E-state index contributed by atoms with van der Waals surface area (Å²) < 4.78 is 0. The average molecular weight is 173 g/mol. The van der Waals surface area contributed by atoms with E-state index in [1.807, 2.05) is 12.1 Å². The molecule has 0 radical (unpaired) electrons. The van der Waals surface area contributed by atoms with Gasteiger partial charge in [0, 0.05) is 12.4 Å². The van der Waals surface area contributed by atoms with Crippen molar-refractivity contribution >= 4 is 6.08 Å². The van der Waals surface area contributed by atoms with Crippen molar-refractivity contribution in [2.24, 2.45) is 0 Å². The molecule has 0 saturated heterocycles. The van der Waals surface area contributed by atoms with E-state index in [1.54, 1.807) is 12.4 Å². The first-order valence-electron chi connectivity index (χ1n) is 4.42. The van der Waals surface area contributed by atoms with Gasteiger partial charge in [-0.05, 0) is 38.5 Å². The molecular weight excluding hydrogens is 158 g/mol. The molecule has 1 heterocycles. The summed E-state index contributed by atoms with van der Waals surface area (Å²) in [4.78, 5) is 3.96. The summed E-state index contributed by atoms with van der Waals surface area (Å²) in [6.07, 6.45) is 7.84. The average Bonchev–Trinajstić information content (AvgIpc) is 2.15. The van der Waals surface area contributed by atoms with Crippen molar-refractivity contribution in [2.75, 3.05) is 0 Å². The van der Waals surface area contributed by atoms with E-state index >= 15 is 0 Å². The van der Waals surface area contributed by atoms with E-state index in [2.05, 4.69) is 37.9 Å². The third-order valence-corrected chi connectivity index (χ3v) is 2.02. The van der Waals surface area contributed by atoms with Crippen LogP contribution in [0.25, 0.3) is 6.08 Å². The number of hydrogen-bond donors (Lipinski definition) is 0. The van der Waals surface area contributed by atoms with Crippen molar-refractivity contribution in [1.82, 2.24) is 4.98 Å². The molecule has 0 aromatic carbocycles. The van der Waals surface area contributed by atoms with Gasteiger partial charge in [-0.2, -0.15) is 0 Å². The Bertz CT molecular complexity index is 316. The number of rotatable bonds is 2. The number of hydrogen-bond acceptors (Lipinski definition) is 1. The summed E-state index contributed by atoms with van der Waals surface area (Å²) in [5.74, 6) is 0. The molecule has 0 aliphatic heterocycles. The predicted molar refractivity (Wildman–Crippen MR) is 57.3 cm³/mol. The Balaban J connectivity index is 2.76. The van der Waals surface area contributed by atoms with E-state index in [4.69, 9.17) is 0 Å². The van der Waals surface area contributed by atoms with Crippen molar-refractivity contribution in [2.45, 2.75) is 20.8 Å². The van der Waals surface area contributed by atoms with Gasteiger partial charge in [0.05, 0.1) is 0 Å². The van der Waals surface area contributed by atoms with Crippen molar-refractivity contribution < 1.29 is 0 Å². The Kier molecular flexibility index (Phi) is 3.44. The Morgan fingerprint density at radius 3 is 2.31 bits per heavy atom. The summed E-state index contributed by atoms with van der Waals surface area (Å²) in [5, 5.41) is 0. The van der Waals surface area contributed by atoms with Crippen molar-refractivity contribution in [3.63, 3.8) is 0 Å². The Labute approximate surface area is 79.8 Å². The quantitative estimate of drug-likeness (QED) is 0.624. The molecule has 0 spiro atoms. The first-order chi connectivity index (χ1) is 6.20. The van der Waals surface area contributed by atoms with Crippen molar-refractivity contribution in [3.05, 3.63) is 47.3 Å². The fraction of sp³-hybridized carbons (Fsp3) is 0.250. The summed E-state index contributed by atoms with van der Waals surface area (Å²) in [5.41, 5.74) is 3.86. The normalized spacial score (nSPS) is 10.4. The minimum absolute atomic E-state index is 1.19. The molecule has 0 atom stereocenters. The highest BCUT2D eigenvalue weighted by molar-refractivity contribution is 5.52. The van der Waals surface area contributed by atoms with Gasteiger partial charge in [0.15, 0.2) is 0 Å². The lowest BCUT2D eigenvalue weighted by Gasteiger charge is -1.95. The molecule has 13 heavy (non-hydrogen) atoms. The highest BCUT2D eigenvalue weighted by atomic mass is 14.6. The predicted octanol–water partition coefficient (Wildman–Crippen LogP) is 3.45. The van der Waals surface area contributed by atoms with Gasteiger partial charge in [0.2, 0.25) is 0 Å². The van der Waals surface area contributed by atoms with Gasteiger partial charge in [0.1, 0.15) is 0 Å². The zero-order valence-corrected chi connectivity index (χ0v) is 8.41. The number of aromatic nitrogens is 1. The van der Waals surface area contributed by atoms with Crippen LogP contribution in [0.4, 0.5) is 0 Å². The first kappa shape index (κ1) is 9.72. The highest BCUT2D eigenvalue weighted by Crippen LogP contribution is 2.07. The molecule has 1 aromatic rings. The van der Waals surface area contributed by atoms with Crippen LogP contribution in [0.15, 0.2) is 41.7 Å². The topological polar surface area (TPSA) is 12.9 Å². The summed E-state index contributed by atoms with van der Waals surface area (Å²) in [6, 6.07) is 3.99. The van der Waals surface area contributed by atoms with Crippen LogP contribution in [0, 0.1) is 0 Å². The lowest BCUT2D eigenvalue weighted by molar-refractivity contribution is 1.29. The molecule has 1 heteroatoms. The van der Waals surface area contributed by atoms with Gasteiger partial charge in [-0.1, -0.05) is 23.3 Å². The van der Waals surface area contributed by atoms with Crippen molar-refractivity contribution in [1.29, 1.82) is 0 Å². The molecule has 68 valence electrons. The first-order valence-corrected chi connectivity index (χ1v) is 4.42. The van der Waals surface area contributed by atoms with Crippen LogP contribution in [-0.4, -0.2) is 4.98 Å². The second kappa shape index (κ2) is 4.61. The summed E-state index contributed by atoms with van der Waals surface area (Å²) in [6.45, 7) is 6.35. The number of allylic oxidation sites excluding steroid dienone is 3. The van der Waals surface area contributed by atoms with E-state index in [0.717, 1.165) is 0 Å². The zero-order chi connectivity index (χ0) is 9.68. The van der Waals surface area contributed by atoms with E-state index in [0.29, 0.717) is 0 Å². The van der Waals surface area contributed by atoms with Gasteiger partial charge in [-0.3, -0.25) is 4.98 Å².